The van der Waals surface area contributed by atoms with Crippen molar-refractivity contribution >= 4 is 34.9 Å². The number of pyridine rings is 1. The molecular weight excluding hydrogens is 733 g/mol. The molecule has 5 rings (SSSR count). The van der Waals surface area contributed by atoms with Gasteiger partial charge in [-0.1, -0.05) is 46.4 Å². The molecule has 3 aliphatic heterocycles. The number of cyclic esters (lactones) is 1. The first-order chi connectivity index (χ1) is 26.4. The van der Waals surface area contributed by atoms with Crippen LogP contribution in [0, 0.1) is 29.6 Å². The number of esters is 1. The van der Waals surface area contributed by atoms with Gasteiger partial charge in [0.1, 0.15) is 29.5 Å². The summed E-state index contributed by atoms with van der Waals surface area (Å²) in [6, 6.07) is 7.73. The Hall–Kier alpha value is -3.10. The first kappa shape index (κ1) is 44.0. The monoisotopic (exact) mass is 794 g/mol. The van der Waals surface area contributed by atoms with E-state index >= 15 is 0 Å². The van der Waals surface area contributed by atoms with Crippen LogP contribution in [0.4, 0.5) is 0 Å². The Morgan fingerprint density at radius 2 is 1.80 bits per heavy atom. The number of aromatic nitrogens is 1. The summed E-state index contributed by atoms with van der Waals surface area (Å²) >= 11 is 1.65. The molecule has 0 bridgehead atoms. The molecule has 56 heavy (non-hydrogen) atoms. The number of hydrogen-bond donors (Lipinski definition) is 1. The summed E-state index contributed by atoms with van der Waals surface area (Å²) in [5, 5.41) is 13.6. The van der Waals surface area contributed by atoms with Crippen molar-refractivity contribution in [1.29, 1.82) is 0 Å². The van der Waals surface area contributed by atoms with Gasteiger partial charge in [-0.15, -0.1) is 11.3 Å². The van der Waals surface area contributed by atoms with E-state index in [-0.39, 0.29) is 37.6 Å². The first-order valence-electron chi connectivity index (χ1n) is 20.0. The summed E-state index contributed by atoms with van der Waals surface area (Å²) in [6.07, 6.45) is 2.49. The average molecular weight is 795 g/mol. The highest BCUT2D eigenvalue weighted by Crippen LogP contribution is 2.46. The van der Waals surface area contributed by atoms with E-state index in [9.17, 15) is 19.5 Å². The quantitative estimate of drug-likeness (QED) is 0.164. The zero-order chi connectivity index (χ0) is 41.1. The molecule has 5 heterocycles. The van der Waals surface area contributed by atoms with E-state index in [1.54, 1.807) is 25.2 Å². The SMILES string of the molecule is C=C1CO[C@]2(C)[C@@H](CC)OC(=O)C(C)C(=O)[C@H](C)[C@@H](O[C@@H]3O[C@H](C)C[C@H](N(C)C)[C@H]3O)[C@](C)(OC/C=C\c3ccc(-c4cccs4)cn3)C[C@@H](C)C(=O)C(C)[C@H]12. The number of carbonyl (C=O) groups is 3. The van der Waals surface area contributed by atoms with Crippen LogP contribution in [-0.4, -0.2) is 108 Å². The third kappa shape index (κ3) is 9.27. The Morgan fingerprint density at radius 1 is 1.07 bits per heavy atom. The summed E-state index contributed by atoms with van der Waals surface area (Å²) in [5.41, 5.74) is 0.210. The van der Waals surface area contributed by atoms with Crippen LogP contribution in [0.25, 0.3) is 16.5 Å². The van der Waals surface area contributed by atoms with Crippen molar-refractivity contribution in [3.05, 3.63) is 59.8 Å². The molecule has 3 aliphatic rings. The van der Waals surface area contributed by atoms with Gasteiger partial charge in [0.05, 0.1) is 36.7 Å². The predicted octanol–water partition coefficient (Wildman–Crippen LogP) is 6.78. The fourth-order valence-electron chi connectivity index (χ4n) is 9.15. The largest absolute Gasteiger partial charge is 0.459 e. The highest BCUT2D eigenvalue weighted by Gasteiger charge is 2.55. The van der Waals surface area contributed by atoms with Gasteiger partial charge in [0.2, 0.25) is 0 Å². The summed E-state index contributed by atoms with van der Waals surface area (Å²) in [7, 11) is 3.78. The van der Waals surface area contributed by atoms with Gasteiger partial charge in [-0.3, -0.25) is 19.4 Å². The lowest BCUT2D eigenvalue weighted by atomic mass is 9.69. The molecule has 0 aliphatic carbocycles. The molecule has 1 N–H and O–H groups in total. The molecule has 0 radical (unpaired) electrons. The lowest BCUT2D eigenvalue weighted by Crippen LogP contribution is -2.59. The summed E-state index contributed by atoms with van der Waals surface area (Å²) < 4.78 is 32.2. The Labute approximate surface area is 336 Å². The third-order valence-electron chi connectivity index (χ3n) is 12.3. The van der Waals surface area contributed by atoms with Crippen molar-refractivity contribution in [2.75, 3.05) is 27.3 Å². The van der Waals surface area contributed by atoms with Gasteiger partial charge in [0, 0.05) is 46.4 Å². The number of rotatable bonds is 9. The van der Waals surface area contributed by atoms with E-state index in [0.717, 1.165) is 21.7 Å². The molecule has 11 nitrogen and oxygen atoms in total. The fraction of sp³-hybridized carbons (Fsp3) is 0.636. The Bertz CT molecular complexity index is 1710. The maximum Gasteiger partial charge on any atom is 0.316 e. The minimum atomic E-state index is -1.30. The van der Waals surface area contributed by atoms with Gasteiger partial charge < -0.3 is 33.7 Å². The molecule has 13 atom stereocenters. The summed E-state index contributed by atoms with van der Waals surface area (Å²) in [4.78, 5) is 50.6. The van der Waals surface area contributed by atoms with Crippen LogP contribution in [0.5, 0.6) is 0 Å². The van der Waals surface area contributed by atoms with E-state index in [1.165, 1.54) is 0 Å². The average Bonchev–Trinajstić information content (AvgIpc) is 3.82. The molecule has 0 spiro atoms. The second-order valence-corrected chi connectivity index (χ2v) is 17.7. The number of aliphatic hydroxyl groups excluding tert-OH is 1. The zero-order valence-corrected chi connectivity index (χ0v) is 35.5. The van der Waals surface area contributed by atoms with Crippen molar-refractivity contribution in [2.45, 2.75) is 123 Å². The number of Topliss-reactive ketones (excluding diaryl/α,β-unsaturated/α-hetero) is 2. The molecule has 3 fully saturated rings. The Kier molecular flexibility index (Phi) is 14.3. The highest BCUT2D eigenvalue weighted by molar-refractivity contribution is 7.13. The standard InChI is InChI=1S/C44H62N2O9S/c1-12-35-44(9)36(26(3)24-52-44)28(5)37(47)25(2)22-43(8,51-19-13-15-32-18-17-31(23-45-32)34-16-14-20-56-34)40(29(6)38(48)30(7)41(50)54-35)55-42-39(49)33(46(10)11)21-27(4)53-42/h13-18,20,23,25,27-30,33,35-36,39-40,42,49H,3,12,19,21-22,24H2,1-2,4-11H3/b15-13-/t25-,27-,28?,29+,30?,33+,35-,36+,39-,40-,42+,43-,44-/m1/s1. The first-order valence-corrected chi connectivity index (χ1v) is 20.8. The number of aliphatic hydroxyl groups is 1. The Balaban J connectivity index is 1.53. The van der Waals surface area contributed by atoms with Gasteiger partial charge >= 0.3 is 5.97 Å². The van der Waals surface area contributed by atoms with Gasteiger partial charge in [-0.25, -0.2) is 0 Å². The zero-order valence-electron chi connectivity index (χ0n) is 34.7. The van der Waals surface area contributed by atoms with Gasteiger partial charge in [0.15, 0.2) is 12.1 Å². The fourth-order valence-corrected chi connectivity index (χ4v) is 9.87. The summed E-state index contributed by atoms with van der Waals surface area (Å²) in [6.45, 7) is 19.1. The van der Waals surface area contributed by atoms with Crippen LogP contribution >= 0.6 is 11.3 Å². The number of ether oxygens (including phenoxy) is 5. The van der Waals surface area contributed by atoms with Crippen LogP contribution in [0.15, 0.2) is 54.1 Å². The van der Waals surface area contributed by atoms with Crippen molar-refractivity contribution in [1.82, 2.24) is 9.88 Å². The van der Waals surface area contributed by atoms with Gasteiger partial charge in [-0.05, 0) is 96.3 Å². The van der Waals surface area contributed by atoms with Crippen molar-refractivity contribution < 1.29 is 43.2 Å². The minimum Gasteiger partial charge on any atom is -0.459 e. The number of thiophene rings is 1. The van der Waals surface area contributed by atoms with Gasteiger partial charge in [0.25, 0.3) is 0 Å². The van der Waals surface area contributed by atoms with E-state index in [2.05, 4.69) is 17.6 Å². The molecular formula is C44H62N2O9S. The molecule has 0 saturated carbocycles. The number of ketones is 2. The Morgan fingerprint density at radius 3 is 2.43 bits per heavy atom. The normalized spacial score (nSPS) is 37.8. The third-order valence-corrected chi connectivity index (χ3v) is 13.2. The lowest BCUT2D eigenvalue weighted by molar-refractivity contribution is -0.296. The van der Waals surface area contributed by atoms with Crippen LogP contribution in [0.2, 0.25) is 0 Å². The lowest BCUT2D eigenvalue weighted by Gasteiger charge is -2.47. The van der Waals surface area contributed by atoms with Crippen molar-refractivity contribution in [3.8, 4) is 10.4 Å². The van der Waals surface area contributed by atoms with Crippen LogP contribution in [0.3, 0.4) is 0 Å². The second-order valence-electron chi connectivity index (χ2n) is 16.8. The van der Waals surface area contributed by atoms with Crippen molar-refractivity contribution in [3.63, 3.8) is 0 Å². The van der Waals surface area contributed by atoms with Gasteiger partial charge in [-0.2, -0.15) is 0 Å². The number of nitrogens with zero attached hydrogens (tertiary/aromatic N) is 2. The van der Waals surface area contributed by atoms with E-state index in [1.807, 2.05) is 102 Å². The van der Waals surface area contributed by atoms with E-state index in [0.29, 0.717) is 12.8 Å². The molecule has 2 aromatic heterocycles. The van der Waals surface area contributed by atoms with E-state index in [4.69, 9.17) is 23.7 Å². The van der Waals surface area contributed by atoms with Crippen LogP contribution < -0.4 is 0 Å². The molecule has 308 valence electrons. The molecule has 12 heteroatoms. The highest BCUT2D eigenvalue weighted by atomic mass is 32.1. The molecule has 0 aromatic carbocycles. The van der Waals surface area contributed by atoms with Crippen molar-refractivity contribution in [2.24, 2.45) is 29.6 Å². The number of likely N-dealkylation sites (N-methyl/N-ethyl adjacent to an activating group) is 1. The number of hydrogen-bond acceptors (Lipinski definition) is 12. The maximum absolute atomic E-state index is 14.6. The molecule has 0 amide bonds. The molecule has 3 saturated heterocycles. The van der Waals surface area contributed by atoms with Crippen LogP contribution in [-0.2, 0) is 38.1 Å². The number of fused-ring (bicyclic) bond motifs is 1. The second kappa shape index (κ2) is 18.2. The number of carbonyl (C=O) groups excluding carboxylic acids is 3. The molecule has 2 unspecified atom stereocenters. The van der Waals surface area contributed by atoms with E-state index < -0.39 is 77.1 Å². The topological polar surface area (TPSA) is 134 Å². The smallest absolute Gasteiger partial charge is 0.316 e. The summed E-state index contributed by atoms with van der Waals surface area (Å²) in [5.74, 6) is -4.77. The molecule has 2 aromatic rings. The predicted molar refractivity (Wildman–Crippen MR) is 217 cm³/mol. The maximum atomic E-state index is 14.6. The van der Waals surface area contributed by atoms with Crippen LogP contribution in [0.1, 0.15) is 80.3 Å². The minimum absolute atomic E-state index is 0.0344.